The topological polar surface area (TPSA) is 104 Å². The summed E-state index contributed by atoms with van der Waals surface area (Å²) < 4.78 is 11.5. The van der Waals surface area contributed by atoms with Crippen LogP contribution < -0.4 is 4.74 Å². The molecule has 1 unspecified atom stereocenters. The molecule has 0 fully saturated rings. The monoisotopic (exact) mass is 527 g/mol. The summed E-state index contributed by atoms with van der Waals surface area (Å²) in [5, 5.41) is 20.2. The molecular formula is C31H33N3O5. The summed E-state index contributed by atoms with van der Waals surface area (Å²) in [5.41, 5.74) is 3.42. The van der Waals surface area contributed by atoms with Crippen molar-refractivity contribution < 1.29 is 24.2 Å². The number of aryl methyl sites for hydroxylation is 1. The molecule has 0 spiro atoms. The summed E-state index contributed by atoms with van der Waals surface area (Å²) in [6.45, 7) is 11.4. The average Bonchev–Trinajstić information content (AvgIpc) is 3.35. The van der Waals surface area contributed by atoms with Crippen LogP contribution in [0.2, 0.25) is 0 Å². The fourth-order valence-electron chi connectivity index (χ4n) is 4.18. The molecule has 0 amide bonds. The minimum Gasteiger partial charge on any atom is -0.505 e. The number of carbonyl (C=O) groups is 2. The minimum atomic E-state index is -0.850. The molecule has 3 aromatic carbocycles. The number of benzene rings is 3. The van der Waals surface area contributed by atoms with Crippen molar-refractivity contribution in [3.63, 3.8) is 0 Å². The van der Waals surface area contributed by atoms with Crippen molar-refractivity contribution >= 4 is 22.8 Å². The van der Waals surface area contributed by atoms with Crippen molar-refractivity contribution in [2.45, 2.75) is 58.7 Å². The van der Waals surface area contributed by atoms with Crippen molar-refractivity contribution in [1.82, 2.24) is 15.0 Å². The molecule has 1 aromatic heterocycles. The van der Waals surface area contributed by atoms with Crippen LogP contribution in [0, 0.1) is 0 Å². The van der Waals surface area contributed by atoms with Gasteiger partial charge in [0.05, 0.1) is 5.56 Å². The Morgan fingerprint density at radius 2 is 1.69 bits per heavy atom. The van der Waals surface area contributed by atoms with Crippen molar-refractivity contribution in [3.05, 3.63) is 90.0 Å². The first kappa shape index (κ1) is 27.6. The molecule has 0 bridgehead atoms. The number of para-hydroxylation sites is 1. The van der Waals surface area contributed by atoms with Crippen LogP contribution in [0.1, 0.15) is 62.0 Å². The van der Waals surface area contributed by atoms with Crippen LogP contribution in [0.15, 0.2) is 73.3 Å². The van der Waals surface area contributed by atoms with E-state index in [2.05, 4.69) is 16.8 Å². The molecule has 0 aliphatic carbocycles. The van der Waals surface area contributed by atoms with E-state index in [0.717, 1.165) is 11.1 Å². The zero-order chi connectivity index (χ0) is 28.2. The van der Waals surface area contributed by atoms with Gasteiger partial charge in [0.25, 0.3) is 0 Å². The van der Waals surface area contributed by atoms with E-state index in [9.17, 15) is 14.7 Å². The zero-order valence-electron chi connectivity index (χ0n) is 22.7. The average molecular weight is 528 g/mol. The molecular weight excluding hydrogens is 494 g/mol. The number of aromatic hydroxyl groups is 1. The highest BCUT2D eigenvalue weighted by Crippen LogP contribution is 2.36. The Labute approximate surface area is 227 Å². The fourth-order valence-corrected chi connectivity index (χ4v) is 4.18. The Morgan fingerprint density at radius 1 is 1.05 bits per heavy atom. The number of nitrogens with zero attached hydrogens (tertiary/aromatic N) is 3. The SMILES string of the molecule is C=CC(=O)c1ccccc1OC(CC)OC(=O)CCc1cc(-n2nc3ccccc3n2)c(O)c(C(C)(C)C)c1. The molecule has 0 radical (unpaired) electrons. The first-order valence-electron chi connectivity index (χ1n) is 12.9. The van der Waals surface area contributed by atoms with Gasteiger partial charge < -0.3 is 14.6 Å². The molecule has 0 saturated heterocycles. The van der Waals surface area contributed by atoms with E-state index >= 15 is 0 Å². The third kappa shape index (κ3) is 6.34. The molecule has 39 heavy (non-hydrogen) atoms. The second kappa shape index (κ2) is 11.5. The maximum Gasteiger partial charge on any atom is 0.309 e. The molecule has 4 rings (SSSR count). The van der Waals surface area contributed by atoms with Crippen molar-refractivity contribution in [2.75, 3.05) is 0 Å². The highest BCUT2D eigenvalue weighted by molar-refractivity contribution is 6.06. The van der Waals surface area contributed by atoms with Gasteiger partial charge >= 0.3 is 5.97 Å². The zero-order valence-corrected chi connectivity index (χ0v) is 22.7. The lowest BCUT2D eigenvalue weighted by molar-refractivity contribution is -0.164. The van der Waals surface area contributed by atoms with Crippen LogP contribution in [0.25, 0.3) is 16.7 Å². The lowest BCUT2D eigenvalue weighted by atomic mass is 9.84. The smallest absolute Gasteiger partial charge is 0.309 e. The van der Waals surface area contributed by atoms with Gasteiger partial charge in [0, 0.05) is 18.4 Å². The highest BCUT2D eigenvalue weighted by Gasteiger charge is 2.24. The summed E-state index contributed by atoms with van der Waals surface area (Å²) in [4.78, 5) is 26.4. The standard InChI is InChI=1S/C31H33N3O5/c1-6-26(35)21-12-8-11-15-27(21)38-29(7-2)39-28(36)17-16-20-18-22(31(3,4)5)30(37)25(19-20)34-32-23-13-9-10-14-24(23)33-34/h6,8-15,18-19,29,37H,1,7,16-17H2,2-5H3. The first-order chi connectivity index (χ1) is 18.6. The number of ketones is 1. The Bertz CT molecular complexity index is 1480. The van der Waals surface area contributed by atoms with Gasteiger partial charge in [-0.2, -0.15) is 0 Å². The molecule has 8 heteroatoms. The van der Waals surface area contributed by atoms with E-state index in [1.807, 2.05) is 58.0 Å². The van der Waals surface area contributed by atoms with E-state index in [4.69, 9.17) is 9.47 Å². The number of allylic oxidation sites excluding steroid dienone is 1. The highest BCUT2D eigenvalue weighted by atomic mass is 16.7. The molecule has 8 nitrogen and oxygen atoms in total. The normalized spacial score (nSPS) is 12.2. The molecule has 1 N–H and O–H groups in total. The number of phenolic OH excluding ortho intramolecular Hbond substituents is 1. The lowest BCUT2D eigenvalue weighted by Gasteiger charge is -2.23. The van der Waals surface area contributed by atoms with Gasteiger partial charge in [0.1, 0.15) is 28.2 Å². The fraction of sp³-hybridized carbons (Fsp3) is 0.290. The van der Waals surface area contributed by atoms with Gasteiger partial charge in [-0.15, -0.1) is 15.0 Å². The van der Waals surface area contributed by atoms with Crippen molar-refractivity contribution in [3.8, 4) is 17.2 Å². The lowest BCUT2D eigenvalue weighted by Crippen LogP contribution is -2.24. The number of carbonyl (C=O) groups excluding carboxylic acids is 2. The van der Waals surface area contributed by atoms with Crippen LogP contribution in [-0.2, 0) is 21.4 Å². The predicted octanol–water partition coefficient (Wildman–Crippen LogP) is 6.08. The van der Waals surface area contributed by atoms with E-state index in [0.29, 0.717) is 40.9 Å². The molecule has 202 valence electrons. The van der Waals surface area contributed by atoms with E-state index in [-0.39, 0.29) is 23.4 Å². The van der Waals surface area contributed by atoms with Crippen LogP contribution in [-0.4, -0.2) is 38.1 Å². The van der Waals surface area contributed by atoms with E-state index < -0.39 is 12.3 Å². The number of esters is 1. The molecule has 1 heterocycles. The van der Waals surface area contributed by atoms with Crippen molar-refractivity contribution in [1.29, 1.82) is 0 Å². The number of hydrogen-bond donors (Lipinski definition) is 1. The predicted molar refractivity (Wildman–Crippen MR) is 149 cm³/mol. The number of aromatic nitrogens is 3. The summed E-state index contributed by atoms with van der Waals surface area (Å²) in [7, 11) is 0. The summed E-state index contributed by atoms with van der Waals surface area (Å²) >= 11 is 0. The van der Waals surface area contributed by atoms with E-state index in [1.54, 1.807) is 30.3 Å². The van der Waals surface area contributed by atoms with Crippen LogP contribution >= 0.6 is 0 Å². The number of ether oxygens (including phenoxy) is 2. The van der Waals surface area contributed by atoms with Crippen LogP contribution in [0.5, 0.6) is 11.5 Å². The van der Waals surface area contributed by atoms with Gasteiger partial charge in [-0.05, 0) is 53.8 Å². The van der Waals surface area contributed by atoms with Crippen LogP contribution in [0.4, 0.5) is 0 Å². The van der Waals surface area contributed by atoms with Gasteiger partial charge in [0.2, 0.25) is 6.29 Å². The maximum atomic E-state index is 12.8. The van der Waals surface area contributed by atoms with Gasteiger partial charge in [-0.3, -0.25) is 9.59 Å². The van der Waals surface area contributed by atoms with Gasteiger partial charge in [-0.1, -0.05) is 64.6 Å². The Balaban J connectivity index is 1.52. The second-order valence-corrected chi connectivity index (χ2v) is 10.2. The maximum absolute atomic E-state index is 12.8. The quantitative estimate of drug-likeness (QED) is 0.115. The largest absolute Gasteiger partial charge is 0.505 e. The van der Waals surface area contributed by atoms with Crippen molar-refractivity contribution in [2.24, 2.45) is 0 Å². The third-order valence-electron chi connectivity index (χ3n) is 6.27. The molecule has 1 atom stereocenters. The van der Waals surface area contributed by atoms with Gasteiger partial charge in [-0.25, -0.2) is 0 Å². The van der Waals surface area contributed by atoms with E-state index in [1.165, 1.54) is 10.9 Å². The Hall–Kier alpha value is -4.46. The number of phenols is 1. The molecule has 0 aliphatic rings. The minimum absolute atomic E-state index is 0.0927. The number of rotatable bonds is 10. The van der Waals surface area contributed by atoms with Gasteiger partial charge in [0.15, 0.2) is 5.78 Å². The molecule has 4 aromatic rings. The Kier molecular flexibility index (Phi) is 8.14. The van der Waals surface area contributed by atoms with Crippen LogP contribution in [0.3, 0.4) is 0 Å². The Morgan fingerprint density at radius 3 is 2.31 bits per heavy atom. The first-order valence-corrected chi connectivity index (χ1v) is 12.9. The second-order valence-electron chi connectivity index (χ2n) is 10.2. The molecule has 0 aliphatic heterocycles. The third-order valence-corrected chi connectivity index (χ3v) is 6.27. The number of hydrogen-bond acceptors (Lipinski definition) is 7. The number of fused-ring (bicyclic) bond motifs is 1. The summed E-state index contributed by atoms with van der Waals surface area (Å²) in [6.07, 6.45) is 1.23. The summed E-state index contributed by atoms with van der Waals surface area (Å²) in [5.74, 6) is -0.283. The summed E-state index contributed by atoms with van der Waals surface area (Å²) in [6, 6.07) is 18.0. The molecule has 0 saturated carbocycles.